The molecule has 1 atom stereocenters. The van der Waals surface area contributed by atoms with Crippen LogP contribution in [0.15, 0.2) is 36.9 Å². The summed E-state index contributed by atoms with van der Waals surface area (Å²) in [4.78, 5) is 0. The summed E-state index contributed by atoms with van der Waals surface area (Å²) < 4.78 is 39.7. The molecule has 0 fully saturated rings. The molecule has 0 bridgehead atoms. The van der Waals surface area contributed by atoms with Gasteiger partial charge in [-0.15, -0.1) is 19.8 Å². The molecule has 94 valence electrons. The zero-order chi connectivity index (χ0) is 12.9. The van der Waals surface area contributed by atoms with Gasteiger partial charge in [0.1, 0.15) is 5.75 Å². The zero-order valence-electron chi connectivity index (χ0n) is 9.07. The molecule has 0 aromatic heterocycles. The van der Waals surface area contributed by atoms with Gasteiger partial charge in [0.2, 0.25) is 0 Å². The van der Waals surface area contributed by atoms with Crippen LogP contribution in [0, 0.1) is 0 Å². The fourth-order valence-electron chi connectivity index (χ4n) is 1.42. The van der Waals surface area contributed by atoms with Crippen molar-refractivity contribution in [2.75, 3.05) is 0 Å². The predicted octanol–water partition coefficient (Wildman–Crippen LogP) is 3.06. The van der Waals surface area contributed by atoms with Crippen molar-refractivity contribution in [3.8, 4) is 5.75 Å². The SMILES string of the molecule is C=CCC(O)Cc1cccc(OC(F)(F)F)c1. The molecule has 1 aromatic carbocycles. The number of aliphatic hydroxyl groups excluding tert-OH is 1. The molecule has 1 unspecified atom stereocenters. The van der Waals surface area contributed by atoms with Crippen LogP contribution in [0.4, 0.5) is 13.2 Å². The van der Waals surface area contributed by atoms with Crippen molar-refractivity contribution < 1.29 is 23.0 Å². The van der Waals surface area contributed by atoms with E-state index in [0.29, 0.717) is 12.0 Å². The molecule has 0 heterocycles. The van der Waals surface area contributed by atoms with E-state index in [0.717, 1.165) is 0 Å². The van der Waals surface area contributed by atoms with Crippen LogP contribution in [0.2, 0.25) is 0 Å². The van der Waals surface area contributed by atoms with Crippen molar-refractivity contribution in [2.45, 2.75) is 25.3 Å². The average molecular weight is 246 g/mol. The van der Waals surface area contributed by atoms with E-state index >= 15 is 0 Å². The smallest absolute Gasteiger partial charge is 0.406 e. The summed E-state index contributed by atoms with van der Waals surface area (Å²) in [5, 5.41) is 9.49. The third kappa shape index (κ3) is 5.40. The van der Waals surface area contributed by atoms with Crippen LogP contribution in [-0.2, 0) is 6.42 Å². The summed E-state index contributed by atoms with van der Waals surface area (Å²) in [6, 6.07) is 5.57. The topological polar surface area (TPSA) is 29.5 Å². The minimum Gasteiger partial charge on any atom is -0.406 e. The lowest BCUT2D eigenvalue weighted by Gasteiger charge is -2.11. The van der Waals surface area contributed by atoms with Crippen molar-refractivity contribution in [3.05, 3.63) is 42.5 Å². The number of rotatable bonds is 5. The molecule has 0 amide bonds. The fourth-order valence-corrected chi connectivity index (χ4v) is 1.42. The van der Waals surface area contributed by atoms with E-state index in [-0.39, 0.29) is 12.2 Å². The Bertz CT molecular complexity index is 374. The first-order valence-corrected chi connectivity index (χ1v) is 5.04. The second-order valence-corrected chi connectivity index (χ2v) is 3.58. The van der Waals surface area contributed by atoms with Crippen molar-refractivity contribution >= 4 is 0 Å². The van der Waals surface area contributed by atoms with E-state index in [1.807, 2.05) is 0 Å². The number of benzene rings is 1. The van der Waals surface area contributed by atoms with Crippen LogP contribution < -0.4 is 4.74 Å². The Kier molecular flexibility index (Phi) is 4.57. The Morgan fingerprint density at radius 3 is 2.71 bits per heavy atom. The Labute approximate surface area is 97.3 Å². The molecule has 1 N–H and O–H groups in total. The molecule has 0 aliphatic heterocycles. The minimum absolute atomic E-state index is 0.265. The maximum atomic E-state index is 12.0. The molecule has 1 aromatic rings. The van der Waals surface area contributed by atoms with Crippen LogP contribution in [-0.4, -0.2) is 17.6 Å². The third-order valence-corrected chi connectivity index (χ3v) is 2.04. The predicted molar refractivity (Wildman–Crippen MR) is 57.6 cm³/mol. The van der Waals surface area contributed by atoms with Gasteiger partial charge in [-0.25, -0.2) is 0 Å². The standard InChI is InChI=1S/C12H13F3O2/c1-2-4-10(16)7-9-5-3-6-11(8-9)17-12(13,14)15/h2-3,5-6,8,10,16H,1,4,7H2. The lowest BCUT2D eigenvalue weighted by molar-refractivity contribution is -0.274. The van der Waals surface area contributed by atoms with Gasteiger partial charge in [0.25, 0.3) is 0 Å². The van der Waals surface area contributed by atoms with Crippen LogP contribution in [0.1, 0.15) is 12.0 Å². The quantitative estimate of drug-likeness (QED) is 0.809. The number of alkyl halides is 3. The Morgan fingerprint density at radius 2 is 2.12 bits per heavy atom. The summed E-state index contributed by atoms with van der Waals surface area (Å²) in [6.45, 7) is 3.47. The molecule has 0 saturated carbocycles. The van der Waals surface area contributed by atoms with E-state index in [2.05, 4.69) is 11.3 Å². The van der Waals surface area contributed by atoms with Gasteiger partial charge in [0, 0.05) is 0 Å². The maximum Gasteiger partial charge on any atom is 0.573 e. The van der Waals surface area contributed by atoms with Crippen molar-refractivity contribution in [1.82, 2.24) is 0 Å². The van der Waals surface area contributed by atoms with E-state index in [4.69, 9.17) is 0 Å². The highest BCUT2D eigenvalue weighted by atomic mass is 19.4. The Balaban J connectivity index is 2.69. The number of hydrogen-bond acceptors (Lipinski definition) is 2. The van der Waals surface area contributed by atoms with Crippen molar-refractivity contribution in [3.63, 3.8) is 0 Å². The summed E-state index contributed by atoms with van der Waals surface area (Å²) in [6.07, 6.45) is -3.13. The lowest BCUT2D eigenvalue weighted by Crippen LogP contribution is -2.17. The first-order valence-electron chi connectivity index (χ1n) is 5.04. The maximum absolute atomic E-state index is 12.0. The molecule has 0 radical (unpaired) electrons. The van der Waals surface area contributed by atoms with Gasteiger partial charge in [-0.1, -0.05) is 18.2 Å². The molecular formula is C12H13F3O2. The summed E-state index contributed by atoms with van der Waals surface area (Å²) in [7, 11) is 0. The van der Waals surface area contributed by atoms with Gasteiger partial charge in [-0.3, -0.25) is 0 Å². The summed E-state index contributed by atoms with van der Waals surface area (Å²) in [5.41, 5.74) is 0.584. The van der Waals surface area contributed by atoms with Crippen molar-refractivity contribution in [2.24, 2.45) is 0 Å². The molecule has 17 heavy (non-hydrogen) atoms. The molecule has 0 spiro atoms. The number of halogens is 3. The highest BCUT2D eigenvalue weighted by Gasteiger charge is 2.31. The highest BCUT2D eigenvalue weighted by Crippen LogP contribution is 2.23. The molecule has 0 aliphatic rings. The largest absolute Gasteiger partial charge is 0.573 e. The molecule has 5 heteroatoms. The third-order valence-electron chi connectivity index (χ3n) is 2.04. The first kappa shape index (κ1) is 13.6. The molecule has 1 rings (SSSR count). The van der Waals surface area contributed by atoms with E-state index in [1.165, 1.54) is 18.2 Å². The van der Waals surface area contributed by atoms with E-state index in [9.17, 15) is 18.3 Å². The number of ether oxygens (including phenoxy) is 1. The van der Waals surface area contributed by atoms with Crippen LogP contribution >= 0.6 is 0 Å². The van der Waals surface area contributed by atoms with Crippen LogP contribution in [0.5, 0.6) is 5.75 Å². The Morgan fingerprint density at radius 1 is 1.41 bits per heavy atom. The summed E-state index contributed by atoms with van der Waals surface area (Å²) >= 11 is 0. The second kappa shape index (κ2) is 5.72. The van der Waals surface area contributed by atoms with Crippen LogP contribution in [0.3, 0.4) is 0 Å². The summed E-state index contributed by atoms with van der Waals surface area (Å²) in [5.74, 6) is -0.277. The monoisotopic (exact) mass is 246 g/mol. The minimum atomic E-state index is -4.70. The van der Waals surface area contributed by atoms with Gasteiger partial charge < -0.3 is 9.84 Å². The van der Waals surface area contributed by atoms with Gasteiger partial charge in [0.05, 0.1) is 6.10 Å². The second-order valence-electron chi connectivity index (χ2n) is 3.58. The molecule has 0 saturated heterocycles. The van der Waals surface area contributed by atoms with E-state index < -0.39 is 12.5 Å². The van der Waals surface area contributed by atoms with E-state index in [1.54, 1.807) is 12.1 Å². The molecule has 0 aliphatic carbocycles. The first-order chi connectivity index (χ1) is 7.90. The van der Waals surface area contributed by atoms with Gasteiger partial charge >= 0.3 is 6.36 Å². The molecule has 2 nitrogen and oxygen atoms in total. The van der Waals surface area contributed by atoms with Gasteiger partial charge in [-0.05, 0) is 30.5 Å². The average Bonchev–Trinajstić information content (AvgIpc) is 2.15. The van der Waals surface area contributed by atoms with Crippen molar-refractivity contribution in [1.29, 1.82) is 0 Å². The Hall–Kier alpha value is -1.49. The lowest BCUT2D eigenvalue weighted by atomic mass is 10.1. The zero-order valence-corrected chi connectivity index (χ0v) is 9.07. The normalized spacial score (nSPS) is 13.2. The van der Waals surface area contributed by atoms with Gasteiger partial charge in [0.15, 0.2) is 0 Å². The van der Waals surface area contributed by atoms with Crippen LogP contribution in [0.25, 0.3) is 0 Å². The highest BCUT2D eigenvalue weighted by molar-refractivity contribution is 5.29. The van der Waals surface area contributed by atoms with Gasteiger partial charge in [-0.2, -0.15) is 0 Å². The molecular weight excluding hydrogens is 233 g/mol. The fraction of sp³-hybridized carbons (Fsp3) is 0.333. The number of aliphatic hydroxyl groups is 1. The number of hydrogen-bond donors (Lipinski definition) is 1.